The van der Waals surface area contributed by atoms with Crippen LogP contribution in [0.2, 0.25) is 0 Å². The standard InChI is InChI=1S/C11H23N3O3/c1-8(7-10(12)15)14-9(2)11(16)13-5-4-6-17-3/h8-9,14H,4-7H2,1-3H3,(H2,12,15)(H,13,16). The molecule has 0 rings (SSSR count). The lowest BCUT2D eigenvalue weighted by atomic mass is 10.2. The molecular weight excluding hydrogens is 222 g/mol. The lowest BCUT2D eigenvalue weighted by molar-refractivity contribution is -0.123. The van der Waals surface area contributed by atoms with Crippen molar-refractivity contribution in [2.24, 2.45) is 5.73 Å². The first-order valence-electron chi connectivity index (χ1n) is 5.78. The van der Waals surface area contributed by atoms with Crippen LogP contribution in [0.4, 0.5) is 0 Å². The van der Waals surface area contributed by atoms with Crippen LogP contribution in [-0.4, -0.2) is 44.2 Å². The van der Waals surface area contributed by atoms with E-state index >= 15 is 0 Å². The molecule has 0 aliphatic heterocycles. The number of carbonyl (C=O) groups excluding carboxylic acids is 2. The molecule has 4 N–H and O–H groups in total. The zero-order chi connectivity index (χ0) is 13.3. The Morgan fingerprint density at radius 2 is 2.00 bits per heavy atom. The van der Waals surface area contributed by atoms with Crippen molar-refractivity contribution >= 4 is 11.8 Å². The normalized spacial score (nSPS) is 14.1. The van der Waals surface area contributed by atoms with Gasteiger partial charge in [0.25, 0.3) is 0 Å². The summed E-state index contributed by atoms with van der Waals surface area (Å²) in [6, 6.07) is -0.445. The molecule has 0 aliphatic rings. The fourth-order valence-corrected chi connectivity index (χ4v) is 1.44. The number of methoxy groups -OCH3 is 1. The zero-order valence-corrected chi connectivity index (χ0v) is 10.8. The molecule has 0 heterocycles. The summed E-state index contributed by atoms with van der Waals surface area (Å²) in [6.07, 6.45) is 1.01. The molecule has 0 aromatic heterocycles. The van der Waals surface area contributed by atoms with Crippen LogP contribution in [-0.2, 0) is 14.3 Å². The van der Waals surface area contributed by atoms with E-state index in [4.69, 9.17) is 10.5 Å². The molecule has 6 nitrogen and oxygen atoms in total. The van der Waals surface area contributed by atoms with E-state index in [1.54, 1.807) is 14.0 Å². The van der Waals surface area contributed by atoms with Gasteiger partial charge < -0.3 is 21.1 Å². The van der Waals surface area contributed by atoms with Crippen molar-refractivity contribution in [1.82, 2.24) is 10.6 Å². The summed E-state index contributed by atoms with van der Waals surface area (Å²) in [5, 5.41) is 5.79. The smallest absolute Gasteiger partial charge is 0.236 e. The minimum Gasteiger partial charge on any atom is -0.385 e. The molecule has 6 heteroatoms. The minimum atomic E-state index is -0.377. The molecule has 0 fully saturated rings. The number of carbonyl (C=O) groups is 2. The lowest BCUT2D eigenvalue weighted by Gasteiger charge is -2.18. The Morgan fingerprint density at radius 1 is 1.35 bits per heavy atom. The maximum absolute atomic E-state index is 11.6. The van der Waals surface area contributed by atoms with Gasteiger partial charge in [-0.2, -0.15) is 0 Å². The number of nitrogens with one attached hydrogen (secondary N) is 2. The molecule has 0 bridgehead atoms. The number of hydrogen-bond donors (Lipinski definition) is 3. The van der Waals surface area contributed by atoms with Gasteiger partial charge in [-0.15, -0.1) is 0 Å². The molecule has 0 aromatic carbocycles. The van der Waals surface area contributed by atoms with E-state index in [1.807, 2.05) is 6.92 Å². The van der Waals surface area contributed by atoms with Crippen molar-refractivity contribution in [3.63, 3.8) is 0 Å². The van der Waals surface area contributed by atoms with Gasteiger partial charge in [-0.05, 0) is 20.3 Å². The molecule has 0 saturated carbocycles. The summed E-state index contributed by atoms with van der Waals surface area (Å²) in [4.78, 5) is 22.3. The van der Waals surface area contributed by atoms with Crippen molar-refractivity contribution in [3.05, 3.63) is 0 Å². The van der Waals surface area contributed by atoms with E-state index < -0.39 is 0 Å². The predicted octanol–water partition coefficient (Wildman–Crippen LogP) is -0.619. The summed E-state index contributed by atoms with van der Waals surface area (Å²) in [5.74, 6) is -0.463. The van der Waals surface area contributed by atoms with Gasteiger partial charge in [0, 0.05) is 32.7 Å². The number of amides is 2. The number of ether oxygens (including phenoxy) is 1. The highest BCUT2D eigenvalue weighted by molar-refractivity contribution is 5.81. The van der Waals surface area contributed by atoms with Crippen LogP contribution in [0, 0.1) is 0 Å². The second-order valence-corrected chi connectivity index (χ2v) is 4.10. The van der Waals surface area contributed by atoms with Crippen LogP contribution < -0.4 is 16.4 Å². The largest absolute Gasteiger partial charge is 0.385 e. The Labute approximate surface area is 102 Å². The highest BCUT2D eigenvalue weighted by atomic mass is 16.5. The topological polar surface area (TPSA) is 93.4 Å². The van der Waals surface area contributed by atoms with Crippen LogP contribution in [0.5, 0.6) is 0 Å². The molecule has 0 radical (unpaired) electrons. The van der Waals surface area contributed by atoms with Gasteiger partial charge in [0.15, 0.2) is 0 Å². The number of hydrogen-bond acceptors (Lipinski definition) is 4. The minimum absolute atomic E-state index is 0.0857. The summed E-state index contributed by atoms with van der Waals surface area (Å²) < 4.78 is 4.87. The lowest BCUT2D eigenvalue weighted by Crippen LogP contribution is -2.46. The highest BCUT2D eigenvalue weighted by Crippen LogP contribution is 1.93. The molecule has 0 spiro atoms. The predicted molar refractivity (Wildman–Crippen MR) is 65.4 cm³/mol. The third kappa shape index (κ3) is 8.65. The van der Waals surface area contributed by atoms with Crippen molar-refractivity contribution in [2.45, 2.75) is 38.8 Å². The Hall–Kier alpha value is -1.14. The molecule has 100 valence electrons. The monoisotopic (exact) mass is 245 g/mol. The van der Waals surface area contributed by atoms with E-state index in [0.717, 1.165) is 6.42 Å². The third-order valence-corrected chi connectivity index (χ3v) is 2.26. The Morgan fingerprint density at radius 3 is 2.53 bits per heavy atom. The first-order chi connectivity index (χ1) is 7.97. The quantitative estimate of drug-likeness (QED) is 0.472. The maximum atomic E-state index is 11.6. The summed E-state index contributed by atoms with van der Waals surface area (Å²) >= 11 is 0. The van der Waals surface area contributed by atoms with Gasteiger partial charge in [-0.25, -0.2) is 0 Å². The average Bonchev–Trinajstić information content (AvgIpc) is 2.22. The second-order valence-electron chi connectivity index (χ2n) is 4.10. The highest BCUT2D eigenvalue weighted by Gasteiger charge is 2.15. The van der Waals surface area contributed by atoms with E-state index in [9.17, 15) is 9.59 Å². The second kappa shape index (κ2) is 8.95. The van der Waals surface area contributed by atoms with Gasteiger partial charge in [-0.1, -0.05) is 0 Å². The number of primary amides is 1. The van der Waals surface area contributed by atoms with Crippen molar-refractivity contribution in [1.29, 1.82) is 0 Å². The van der Waals surface area contributed by atoms with Crippen LogP contribution in [0.3, 0.4) is 0 Å². The molecule has 0 saturated heterocycles. The fraction of sp³-hybridized carbons (Fsp3) is 0.818. The van der Waals surface area contributed by atoms with Crippen molar-refractivity contribution in [2.75, 3.05) is 20.3 Å². The van der Waals surface area contributed by atoms with E-state index in [0.29, 0.717) is 13.2 Å². The average molecular weight is 245 g/mol. The molecule has 0 aromatic rings. The van der Waals surface area contributed by atoms with Crippen LogP contribution in [0.15, 0.2) is 0 Å². The van der Waals surface area contributed by atoms with Crippen LogP contribution in [0.1, 0.15) is 26.7 Å². The first-order valence-corrected chi connectivity index (χ1v) is 5.78. The molecule has 17 heavy (non-hydrogen) atoms. The molecule has 0 aliphatic carbocycles. The summed E-state index contributed by atoms with van der Waals surface area (Å²) in [5.41, 5.74) is 5.07. The Balaban J connectivity index is 3.76. The summed E-state index contributed by atoms with van der Waals surface area (Å²) in [7, 11) is 1.62. The zero-order valence-electron chi connectivity index (χ0n) is 10.8. The molecule has 2 unspecified atom stereocenters. The molecule has 2 atom stereocenters. The van der Waals surface area contributed by atoms with Crippen molar-refractivity contribution in [3.8, 4) is 0 Å². The van der Waals surface area contributed by atoms with E-state index in [1.165, 1.54) is 0 Å². The van der Waals surface area contributed by atoms with E-state index in [2.05, 4.69) is 10.6 Å². The first kappa shape index (κ1) is 15.9. The van der Waals surface area contributed by atoms with Gasteiger partial charge >= 0.3 is 0 Å². The van der Waals surface area contributed by atoms with Crippen LogP contribution in [0.25, 0.3) is 0 Å². The van der Waals surface area contributed by atoms with Crippen LogP contribution >= 0.6 is 0 Å². The Kier molecular flexibility index (Phi) is 8.35. The Bertz CT molecular complexity index is 246. The van der Waals surface area contributed by atoms with Crippen molar-refractivity contribution < 1.29 is 14.3 Å². The van der Waals surface area contributed by atoms with Gasteiger partial charge in [0.2, 0.25) is 11.8 Å². The summed E-state index contributed by atoms with van der Waals surface area (Å²) in [6.45, 7) is 4.78. The fourth-order valence-electron chi connectivity index (χ4n) is 1.44. The van der Waals surface area contributed by atoms with Gasteiger partial charge in [0.05, 0.1) is 6.04 Å². The van der Waals surface area contributed by atoms with E-state index in [-0.39, 0.29) is 30.3 Å². The van der Waals surface area contributed by atoms with Gasteiger partial charge in [-0.3, -0.25) is 9.59 Å². The SMILES string of the molecule is COCCCNC(=O)C(C)NC(C)CC(N)=O. The molecular formula is C11H23N3O3. The number of rotatable bonds is 9. The van der Waals surface area contributed by atoms with Gasteiger partial charge in [0.1, 0.15) is 0 Å². The molecule has 2 amide bonds. The third-order valence-electron chi connectivity index (χ3n) is 2.26. The maximum Gasteiger partial charge on any atom is 0.236 e. The number of nitrogens with two attached hydrogens (primary N) is 1.